The molecule has 142 valence electrons. The van der Waals surface area contributed by atoms with Crippen LogP contribution in [0.5, 0.6) is 0 Å². The highest BCUT2D eigenvalue weighted by atomic mass is 35.5. The van der Waals surface area contributed by atoms with E-state index in [0.717, 1.165) is 0 Å². The van der Waals surface area contributed by atoms with Crippen molar-refractivity contribution in [1.82, 2.24) is 24.4 Å². The lowest BCUT2D eigenvalue weighted by Gasteiger charge is -2.19. The second-order valence-corrected chi connectivity index (χ2v) is 8.15. The first kappa shape index (κ1) is 20.6. The van der Waals surface area contributed by atoms with Crippen molar-refractivity contribution in [3.63, 3.8) is 0 Å². The van der Waals surface area contributed by atoms with E-state index in [2.05, 4.69) is 15.5 Å². The van der Waals surface area contributed by atoms with Gasteiger partial charge in [0.2, 0.25) is 10.0 Å². The first-order valence-electron chi connectivity index (χ1n) is 7.90. The molecule has 0 spiro atoms. The Kier molecular flexibility index (Phi) is 6.56. The van der Waals surface area contributed by atoms with Crippen LogP contribution in [0, 0.1) is 4.77 Å². The van der Waals surface area contributed by atoms with Crippen LogP contribution in [0.15, 0.2) is 23.1 Å². The third-order valence-corrected chi connectivity index (χ3v) is 6.65. The Labute approximate surface area is 162 Å². The fraction of sp³-hybridized carbons (Fsp3) is 0.400. The minimum atomic E-state index is -3.69. The predicted molar refractivity (Wildman–Crippen MR) is 101 cm³/mol. The fourth-order valence-corrected chi connectivity index (χ4v) is 4.18. The standard InChI is InChI=1S/C15H20ClN5O3S2/c1-4-21(5-2)26(23,24)10-6-7-12(16)11(8-10)14(22)17-9-13-18-19-15(25)20(13)3/h6-8H,4-5,9H2,1-3H3,(H,17,22)(H,19,25). The van der Waals surface area contributed by atoms with Gasteiger partial charge in [0, 0.05) is 20.1 Å². The van der Waals surface area contributed by atoms with Gasteiger partial charge in [-0.25, -0.2) is 8.42 Å². The first-order chi connectivity index (χ1) is 12.2. The fourth-order valence-electron chi connectivity index (χ4n) is 2.34. The molecule has 0 bridgehead atoms. The zero-order valence-corrected chi connectivity index (χ0v) is 17.0. The number of aromatic nitrogens is 3. The van der Waals surface area contributed by atoms with E-state index >= 15 is 0 Å². The van der Waals surface area contributed by atoms with E-state index in [0.29, 0.717) is 23.7 Å². The molecule has 0 aliphatic carbocycles. The van der Waals surface area contributed by atoms with Gasteiger partial charge >= 0.3 is 0 Å². The smallest absolute Gasteiger partial charge is 0.253 e. The Morgan fingerprint density at radius 1 is 1.38 bits per heavy atom. The second-order valence-electron chi connectivity index (χ2n) is 5.42. The van der Waals surface area contributed by atoms with Crippen molar-refractivity contribution in [3.05, 3.63) is 39.4 Å². The van der Waals surface area contributed by atoms with Crippen molar-refractivity contribution < 1.29 is 13.2 Å². The van der Waals surface area contributed by atoms with E-state index in [1.165, 1.54) is 22.5 Å². The molecule has 0 radical (unpaired) electrons. The normalized spacial score (nSPS) is 11.7. The number of amides is 1. The molecule has 0 fully saturated rings. The molecule has 1 heterocycles. The summed E-state index contributed by atoms with van der Waals surface area (Å²) in [5.74, 6) is 0.0342. The maximum absolute atomic E-state index is 12.6. The topological polar surface area (TPSA) is 100 Å². The molecule has 0 saturated carbocycles. The minimum Gasteiger partial charge on any atom is -0.345 e. The SMILES string of the molecule is CCN(CC)S(=O)(=O)c1ccc(Cl)c(C(=O)NCc2n[nH]c(=S)n2C)c1. The molecule has 0 atom stereocenters. The first-order valence-corrected chi connectivity index (χ1v) is 10.1. The summed E-state index contributed by atoms with van der Waals surface area (Å²) in [6.45, 7) is 4.29. The molecule has 26 heavy (non-hydrogen) atoms. The van der Waals surface area contributed by atoms with E-state index in [1.807, 2.05) is 0 Å². The third-order valence-electron chi connectivity index (χ3n) is 3.91. The van der Waals surface area contributed by atoms with Gasteiger partial charge in [0.25, 0.3) is 5.91 Å². The molecule has 0 unspecified atom stereocenters. The van der Waals surface area contributed by atoms with Gasteiger partial charge < -0.3 is 9.88 Å². The molecule has 0 saturated heterocycles. The molecule has 1 amide bonds. The quantitative estimate of drug-likeness (QED) is 0.672. The highest BCUT2D eigenvalue weighted by Gasteiger charge is 2.24. The largest absolute Gasteiger partial charge is 0.345 e. The summed E-state index contributed by atoms with van der Waals surface area (Å²) in [5, 5.41) is 9.45. The Bertz CT molecular complexity index is 964. The number of aromatic amines is 1. The summed E-state index contributed by atoms with van der Waals surface area (Å²) in [4.78, 5) is 12.5. The van der Waals surface area contributed by atoms with E-state index in [-0.39, 0.29) is 22.0 Å². The van der Waals surface area contributed by atoms with Gasteiger partial charge in [0.1, 0.15) is 0 Å². The number of H-pyrrole nitrogens is 1. The molecule has 2 rings (SSSR count). The molecular weight excluding hydrogens is 398 g/mol. The molecule has 8 nitrogen and oxygen atoms in total. The molecule has 1 aromatic heterocycles. The lowest BCUT2D eigenvalue weighted by molar-refractivity contribution is 0.0949. The highest BCUT2D eigenvalue weighted by Crippen LogP contribution is 2.23. The summed E-state index contributed by atoms with van der Waals surface area (Å²) < 4.78 is 28.6. The number of halogens is 1. The molecular formula is C15H20ClN5O3S2. The van der Waals surface area contributed by atoms with Crippen molar-refractivity contribution in [1.29, 1.82) is 0 Å². The Hall–Kier alpha value is -1.75. The number of carbonyl (C=O) groups is 1. The van der Waals surface area contributed by atoms with Crippen LogP contribution >= 0.6 is 23.8 Å². The van der Waals surface area contributed by atoms with Crippen molar-refractivity contribution in [2.24, 2.45) is 7.05 Å². The maximum Gasteiger partial charge on any atom is 0.253 e. The Morgan fingerprint density at radius 2 is 2.04 bits per heavy atom. The van der Waals surface area contributed by atoms with Gasteiger partial charge in [-0.15, -0.1) is 0 Å². The van der Waals surface area contributed by atoms with Crippen LogP contribution in [0.1, 0.15) is 30.0 Å². The minimum absolute atomic E-state index is 0.0221. The molecule has 2 N–H and O–H groups in total. The van der Waals surface area contributed by atoms with E-state index < -0.39 is 15.9 Å². The van der Waals surface area contributed by atoms with Crippen LogP contribution in [0.3, 0.4) is 0 Å². The zero-order chi connectivity index (χ0) is 19.5. The van der Waals surface area contributed by atoms with Gasteiger partial charge in [-0.05, 0) is 30.4 Å². The number of nitrogens with zero attached hydrogens (tertiary/aromatic N) is 3. The summed E-state index contributed by atoms with van der Waals surface area (Å²) in [6.07, 6.45) is 0. The monoisotopic (exact) mass is 417 g/mol. The van der Waals surface area contributed by atoms with E-state index in [1.54, 1.807) is 25.5 Å². The number of rotatable bonds is 7. The van der Waals surface area contributed by atoms with Gasteiger partial charge in [0.05, 0.1) is 22.0 Å². The van der Waals surface area contributed by atoms with E-state index in [4.69, 9.17) is 23.8 Å². The maximum atomic E-state index is 12.6. The second kappa shape index (κ2) is 8.30. The highest BCUT2D eigenvalue weighted by molar-refractivity contribution is 7.89. The van der Waals surface area contributed by atoms with Crippen molar-refractivity contribution in [2.75, 3.05) is 13.1 Å². The predicted octanol–water partition coefficient (Wildman–Crippen LogP) is 2.09. The number of nitrogens with one attached hydrogen (secondary N) is 2. The van der Waals surface area contributed by atoms with Crippen LogP contribution in [-0.4, -0.2) is 46.5 Å². The Balaban J connectivity index is 2.27. The number of hydrogen-bond acceptors (Lipinski definition) is 5. The van der Waals surface area contributed by atoms with Crippen LogP contribution in [0.4, 0.5) is 0 Å². The van der Waals surface area contributed by atoms with Gasteiger partial charge in [-0.1, -0.05) is 25.4 Å². The van der Waals surface area contributed by atoms with E-state index in [9.17, 15) is 13.2 Å². The number of benzene rings is 1. The summed E-state index contributed by atoms with van der Waals surface area (Å²) >= 11 is 11.1. The molecule has 11 heteroatoms. The molecule has 0 aliphatic rings. The lowest BCUT2D eigenvalue weighted by atomic mass is 10.2. The van der Waals surface area contributed by atoms with Crippen LogP contribution in [-0.2, 0) is 23.6 Å². The Morgan fingerprint density at radius 3 is 2.58 bits per heavy atom. The van der Waals surface area contributed by atoms with Gasteiger partial charge in [0.15, 0.2) is 10.6 Å². The summed E-state index contributed by atoms with van der Waals surface area (Å²) in [7, 11) is -1.97. The third kappa shape index (κ3) is 4.14. The zero-order valence-electron chi connectivity index (χ0n) is 14.6. The number of hydrogen-bond donors (Lipinski definition) is 2. The van der Waals surface area contributed by atoms with Crippen LogP contribution in [0.25, 0.3) is 0 Å². The average Bonchev–Trinajstić information content (AvgIpc) is 2.92. The van der Waals surface area contributed by atoms with Crippen LogP contribution < -0.4 is 5.32 Å². The average molecular weight is 418 g/mol. The van der Waals surface area contributed by atoms with Crippen molar-refractivity contribution in [3.8, 4) is 0 Å². The van der Waals surface area contributed by atoms with Crippen molar-refractivity contribution >= 4 is 39.7 Å². The summed E-state index contributed by atoms with van der Waals surface area (Å²) in [5.41, 5.74) is 0.0803. The summed E-state index contributed by atoms with van der Waals surface area (Å²) in [6, 6.07) is 4.08. The van der Waals surface area contributed by atoms with Gasteiger partial charge in [-0.2, -0.15) is 9.40 Å². The molecule has 0 aliphatic heterocycles. The molecule has 1 aromatic carbocycles. The number of sulfonamides is 1. The lowest BCUT2D eigenvalue weighted by Crippen LogP contribution is -2.31. The number of carbonyl (C=O) groups excluding carboxylic acids is 1. The van der Waals surface area contributed by atoms with Crippen LogP contribution in [0.2, 0.25) is 5.02 Å². The van der Waals surface area contributed by atoms with Crippen molar-refractivity contribution in [2.45, 2.75) is 25.3 Å². The molecule has 2 aromatic rings. The van der Waals surface area contributed by atoms with Gasteiger partial charge in [-0.3, -0.25) is 9.89 Å².